The first kappa shape index (κ1) is 16.3. The lowest BCUT2D eigenvalue weighted by molar-refractivity contribution is 0.289. The van der Waals surface area contributed by atoms with Gasteiger partial charge in [0.15, 0.2) is 0 Å². The Morgan fingerprint density at radius 2 is 1.86 bits per heavy atom. The van der Waals surface area contributed by atoms with Gasteiger partial charge >= 0.3 is 6.01 Å². The van der Waals surface area contributed by atoms with E-state index in [1.54, 1.807) is 0 Å². The van der Waals surface area contributed by atoms with E-state index in [1.165, 1.54) is 32.1 Å². The van der Waals surface area contributed by atoms with Gasteiger partial charge < -0.3 is 9.64 Å². The molecular weight excluding hydrogens is 288 g/mol. The molecule has 1 aliphatic rings. The molecule has 0 saturated heterocycles. The fourth-order valence-corrected chi connectivity index (χ4v) is 2.99. The zero-order chi connectivity index (χ0) is 15.2. The lowest BCUT2D eigenvalue weighted by Gasteiger charge is -2.34. The molecule has 1 aromatic heterocycles. The molecular formula is C15H25ClN4O. The van der Waals surface area contributed by atoms with Crippen molar-refractivity contribution in [2.75, 3.05) is 18.6 Å². The van der Waals surface area contributed by atoms with Crippen LogP contribution in [0, 0.1) is 5.92 Å². The van der Waals surface area contributed by atoms with Gasteiger partial charge in [-0.1, -0.05) is 20.3 Å². The lowest BCUT2D eigenvalue weighted by Crippen LogP contribution is -2.36. The van der Waals surface area contributed by atoms with E-state index >= 15 is 0 Å². The Hall–Kier alpha value is -1.10. The molecule has 6 heteroatoms. The SMILES string of the molecule is CCCOc1nc(Cl)nc(N(C)C2CCC(CC)CC2)n1. The van der Waals surface area contributed by atoms with Gasteiger partial charge in [0.05, 0.1) is 6.61 Å². The van der Waals surface area contributed by atoms with Crippen molar-refractivity contribution >= 4 is 17.5 Å². The quantitative estimate of drug-likeness (QED) is 0.801. The maximum Gasteiger partial charge on any atom is 0.322 e. The van der Waals surface area contributed by atoms with Crippen LogP contribution in [0.5, 0.6) is 6.01 Å². The van der Waals surface area contributed by atoms with Gasteiger partial charge in [-0.2, -0.15) is 15.0 Å². The fraction of sp³-hybridized carbons (Fsp3) is 0.800. The van der Waals surface area contributed by atoms with E-state index in [1.807, 2.05) is 14.0 Å². The van der Waals surface area contributed by atoms with Gasteiger partial charge in [-0.3, -0.25) is 0 Å². The van der Waals surface area contributed by atoms with Crippen molar-refractivity contribution in [2.45, 2.75) is 58.4 Å². The van der Waals surface area contributed by atoms with Crippen molar-refractivity contribution in [3.63, 3.8) is 0 Å². The van der Waals surface area contributed by atoms with E-state index in [9.17, 15) is 0 Å². The largest absolute Gasteiger partial charge is 0.463 e. The highest BCUT2D eigenvalue weighted by molar-refractivity contribution is 6.28. The number of hydrogen-bond donors (Lipinski definition) is 0. The molecule has 21 heavy (non-hydrogen) atoms. The molecule has 1 aliphatic carbocycles. The molecule has 0 radical (unpaired) electrons. The molecule has 1 aromatic rings. The summed E-state index contributed by atoms with van der Waals surface area (Å²) in [6.45, 7) is 4.91. The van der Waals surface area contributed by atoms with Gasteiger partial charge in [-0.25, -0.2) is 0 Å². The van der Waals surface area contributed by atoms with Gasteiger partial charge in [0.25, 0.3) is 0 Å². The summed E-state index contributed by atoms with van der Waals surface area (Å²) in [5, 5.41) is 0.195. The topological polar surface area (TPSA) is 51.1 Å². The van der Waals surface area contributed by atoms with E-state index < -0.39 is 0 Å². The zero-order valence-electron chi connectivity index (χ0n) is 13.2. The monoisotopic (exact) mass is 312 g/mol. The van der Waals surface area contributed by atoms with Crippen LogP contribution in [-0.4, -0.2) is 34.6 Å². The highest BCUT2D eigenvalue weighted by atomic mass is 35.5. The van der Waals surface area contributed by atoms with Gasteiger partial charge in [-0.15, -0.1) is 0 Å². The van der Waals surface area contributed by atoms with E-state index in [0.29, 0.717) is 24.6 Å². The third-order valence-electron chi connectivity index (χ3n) is 4.27. The van der Waals surface area contributed by atoms with Crippen molar-refractivity contribution in [3.05, 3.63) is 5.28 Å². The number of halogens is 1. The molecule has 1 saturated carbocycles. The van der Waals surface area contributed by atoms with Gasteiger partial charge in [0, 0.05) is 13.1 Å². The maximum absolute atomic E-state index is 5.99. The molecule has 1 fully saturated rings. The van der Waals surface area contributed by atoms with Crippen LogP contribution in [0.4, 0.5) is 5.95 Å². The average molecular weight is 313 g/mol. The van der Waals surface area contributed by atoms with E-state index in [-0.39, 0.29) is 5.28 Å². The first-order chi connectivity index (χ1) is 10.1. The summed E-state index contributed by atoms with van der Waals surface area (Å²) in [7, 11) is 2.03. The first-order valence-electron chi connectivity index (χ1n) is 7.91. The fourth-order valence-electron chi connectivity index (χ4n) is 2.84. The van der Waals surface area contributed by atoms with Crippen LogP contribution in [-0.2, 0) is 0 Å². The van der Waals surface area contributed by atoms with Crippen LogP contribution in [0.3, 0.4) is 0 Å². The summed E-state index contributed by atoms with van der Waals surface area (Å²) in [6.07, 6.45) is 7.12. The van der Waals surface area contributed by atoms with Crippen molar-refractivity contribution in [3.8, 4) is 6.01 Å². The number of aromatic nitrogens is 3. The molecule has 1 heterocycles. The second-order valence-corrected chi connectivity index (χ2v) is 6.07. The van der Waals surface area contributed by atoms with Crippen LogP contribution >= 0.6 is 11.6 Å². The highest BCUT2D eigenvalue weighted by Crippen LogP contribution is 2.30. The number of rotatable bonds is 6. The van der Waals surface area contributed by atoms with Gasteiger partial charge in [0.2, 0.25) is 11.2 Å². The molecule has 2 rings (SSSR count). The molecule has 0 spiro atoms. The highest BCUT2D eigenvalue weighted by Gasteiger charge is 2.25. The second kappa shape index (κ2) is 7.78. The Balaban J connectivity index is 2.04. The molecule has 0 aliphatic heterocycles. The lowest BCUT2D eigenvalue weighted by atomic mass is 9.84. The zero-order valence-corrected chi connectivity index (χ0v) is 13.9. The predicted molar refractivity (Wildman–Crippen MR) is 85.1 cm³/mol. The third kappa shape index (κ3) is 4.43. The van der Waals surface area contributed by atoms with Crippen LogP contribution < -0.4 is 9.64 Å². The Labute approximate surface area is 132 Å². The van der Waals surface area contributed by atoms with Gasteiger partial charge in [-0.05, 0) is 49.6 Å². The Morgan fingerprint density at radius 3 is 2.48 bits per heavy atom. The van der Waals surface area contributed by atoms with E-state index in [2.05, 4.69) is 26.8 Å². The molecule has 0 N–H and O–H groups in total. The molecule has 0 aromatic carbocycles. The van der Waals surface area contributed by atoms with E-state index in [4.69, 9.17) is 16.3 Å². The maximum atomic E-state index is 5.99. The molecule has 0 bridgehead atoms. The molecule has 0 unspecified atom stereocenters. The summed E-state index contributed by atoms with van der Waals surface area (Å²) in [4.78, 5) is 14.8. The molecule has 5 nitrogen and oxygen atoms in total. The minimum absolute atomic E-state index is 0.195. The summed E-state index contributed by atoms with van der Waals surface area (Å²) in [5.74, 6) is 1.49. The number of hydrogen-bond acceptors (Lipinski definition) is 5. The minimum Gasteiger partial charge on any atom is -0.463 e. The molecule has 118 valence electrons. The van der Waals surface area contributed by atoms with Crippen LogP contribution in [0.1, 0.15) is 52.4 Å². The Bertz CT molecular complexity index is 449. The minimum atomic E-state index is 0.195. The number of ether oxygens (including phenoxy) is 1. The second-order valence-electron chi connectivity index (χ2n) is 5.73. The van der Waals surface area contributed by atoms with E-state index in [0.717, 1.165) is 12.3 Å². The summed E-state index contributed by atoms with van der Waals surface area (Å²) in [6, 6.07) is 0.797. The summed E-state index contributed by atoms with van der Waals surface area (Å²) in [5.41, 5.74) is 0. The van der Waals surface area contributed by atoms with Crippen molar-refractivity contribution in [1.29, 1.82) is 0 Å². The first-order valence-corrected chi connectivity index (χ1v) is 8.29. The third-order valence-corrected chi connectivity index (χ3v) is 4.44. The molecule has 0 amide bonds. The van der Waals surface area contributed by atoms with Crippen molar-refractivity contribution in [2.24, 2.45) is 5.92 Å². The number of anilines is 1. The van der Waals surface area contributed by atoms with Gasteiger partial charge in [0.1, 0.15) is 0 Å². The van der Waals surface area contributed by atoms with Crippen LogP contribution in [0.2, 0.25) is 5.28 Å². The Morgan fingerprint density at radius 1 is 1.14 bits per heavy atom. The van der Waals surface area contributed by atoms with Crippen molar-refractivity contribution in [1.82, 2.24) is 15.0 Å². The molecule has 0 atom stereocenters. The van der Waals surface area contributed by atoms with Crippen LogP contribution in [0.15, 0.2) is 0 Å². The standard InChI is InChI=1S/C15H25ClN4O/c1-4-10-21-15-18-13(16)17-14(19-15)20(3)12-8-6-11(5-2)7-9-12/h11-12H,4-10H2,1-3H3. The van der Waals surface area contributed by atoms with Crippen LogP contribution in [0.25, 0.3) is 0 Å². The Kier molecular flexibility index (Phi) is 6.03. The predicted octanol–water partition coefficient (Wildman–Crippen LogP) is 3.72. The normalized spacial score (nSPS) is 22.1. The summed E-state index contributed by atoms with van der Waals surface area (Å²) < 4.78 is 5.48. The smallest absolute Gasteiger partial charge is 0.322 e. The summed E-state index contributed by atoms with van der Waals surface area (Å²) >= 11 is 5.99. The van der Waals surface area contributed by atoms with Crippen molar-refractivity contribution < 1.29 is 4.74 Å². The number of nitrogens with zero attached hydrogens (tertiary/aromatic N) is 4. The average Bonchev–Trinajstić information content (AvgIpc) is 2.51.